The van der Waals surface area contributed by atoms with Crippen LogP contribution in [0.4, 0.5) is 0 Å². The van der Waals surface area contributed by atoms with Crippen molar-refractivity contribution in [2.75, 3.05) is 6.54 Å². The van der Waals surface area contributed by atoms with Gasteiger partial charge in [0, 0.05) is 43.3 Å². The third-order valence-corrected chi connectivity index (χ3v) is 4.08. The second kappa shape index (κ2) is 6.71. The quantitative estimate of drug-likeness (QED) is 0.778. The molecule has 0 atom stereocenters. The van der Waals surface area contributed by atoms with E-state index in [-0.39, 0.29) is 0 Å². The van der Waals surface area contributed by atoms with E-state index in [1.165, 1.54) is 16.3 Å². The van der Waals surface area contributed by atoms with Crippen LogP contribution in [-0.4, -0.2) is 16.1 Å². The Balaban J connectivity index is 1.75. The van der Waals surface area contributed by atoms with Crippen LogP contribution in [0, 0.1) is 6.92 Å². The topological polar surface area (TPSA) is 29.9 Å². The van der Waals surface area contributed by atoms with E-state index in [9.17, 15) is 0 Å². The third-order valence-electron chi connectivity index (χ3n) is 3.06. The molecule has 0 fully saturated rings. The van der Waals surface area contributed by atoms with Crippen LogP contribution >= 0.6 is 11.3 Å². The van der Waals surface area contributed by atoms with E-state index in [1.807, 2.05) is 17.5 Å². The van der Waals surface area contributed by atoms with Crippen LogP contribution in [0.15, 0.2) is 23.8 Å². The molecule has 0 aromatic carbocycles. The van der Waals surface area contributed by atoms with Crippen molar-refractivity contribution in [2.45, 2.75) is 39.8 Å². The fraction of sp³-hybridized carbons (Fsp3) is 0.500. The molecule has 2 rings (SSSR count). The van der Waals surface area contributed by atoms with Gasteiger partial charge in [0.05, 0.1) is 0 Å². The molecule has 0 unspecified atom stereocenters. The van der Waals surface area contributed by atoms with Crippen LogP contribution in [0.5, 0.6) is 0 Å². The molecule has 2 aromatic heterocycles. The summed E-state index contributed by atoms with van der Waals surface area (Å²) >= 11 is 1.83. The lowest BCUT2D eigenvalue weighted by Crippen LogP contribution is -2.20. The van der Waals surface area contributed by atoms with Gasteiger partial charge in [0.25, 0.3) is 0 Å². The van der Waals surface area contributed by atoms with Crippen molar-refractivity contribution in [1.82, 2.24) is 14.9 Å². The first-order valence-electron chi connectivity index (χ1n) is 6.55. The number of thiophene rings is 1. The second-order valence-electron chi connectivity index (χ2n) is 4.49. The summed E-state index contributed by atoms with van der Waals surface area (Å²) in [5, 5.41) is 5.65. The van der Waals surface area contributed by atoms with Crippen molar-refractivity contribution < 1.29 is 0 Å². The largest absolute Gasteiger partial charge is 0.334 e. The Morgan fingerprint density at radius 3 is 3.06 bits per heavy atom. The molecule has 0 radical (unpaired) electrons. The average Bonchev–Trinajstić information content (AvgIpc) is 2.95. The first-order valence-corrected chi connectivity index (χ1v) is 7.43. The van der Waals surface area contributed by atoms with E-state index in [0.717, 1.165) is 32.5 Å². The predicted molar refractivity (Wildman–Crippen MR) is 77.0 cm³/mol. The number of hydrogen-bond donors (Lipinski definition) is 1. The van der Waals surface area contributed by atoms with Gasteiger partial charge in [0.2, 0.25) is 0 Å². The predicted octanol–water partition coefficient (Wildman–Crippen LogP) is 3.00. The lowest BCUT2D eigenvalue weighted by Gasteiger charge is -2.08. The Labute approximate surface area is 113 Å². The van der Waals surface area contributed by atoms with E-state index in [0.29, 0.717) is 0 Å². The van der Waals surface area contributed by atoms with Gasteiger partial charge in [-0.1, -0.05) is 6.92 Å². The van der Waals surface area contributed by atoms with Gasteiger partial charge >= 0.3 is 0 Å². The van der Waals surface area contributed by atoms with Gasteiger partial charge in [-0.3, -0.25) is 0 Å². The van der Waals surface area contributed by atoms with Crippen LogP contribution in [0.25, 0.3) is 0 Å². The summed E-state index contributed by atoms with van der Waals surface area (Å²) in [7, 11) is 0. The molecule has 0 aliphatic rings. The second-order valence-corrected chi connectivity index (χ2v) is 5.49. The highest BCUT2D eigenvalue weighted by Crippen LogP contribution is 2.14. The molecule has 98 valence electrons. The van der Waals surface area contributed by atoms with Crippen LogP contribution in [-0.2, 0) is 19.5 Å². The van der Waals surface area contributed by atoms with Crippen molar-refractivity contribution in [1.29, 1.82) is 0 Å². The minimum Gasteiger partial charge on any atom is -0.334 e. The minimum atomic E-state index is 0.974. The Hall–Kier alpha value is -1.13. The van der Waals surface area contributed by atoms with Crippen molar-refractivity contribution in [3.05, 3.63) is 40.1 Å². The van der Waals surface area contributed by atoms with E-state index >= 15 is 0 Å². The molecule has 0 amide bonds. The third kappa shape index (κ3) is 3.43. The first-order chi connectivity index (χ1) is 8.81. The highest BCUT2D eigenvalue weighted by molar-refractivity contribution is 7.10. The molecule has 18 heavy (non-hydrogen) atoms. The van der Waals surface area contributed by atoms with Crippen LogP contribution < -0.4 is 5.32 Å². The number of nitrogens with zero attached hydrogens (tertiary/aromatic N) is 2. The zero-order valence-electron chi connectivity index (χ0n) is 11.1. The van der Waals surface area contributed by atoms with E-state index < -0.39 is 0 Å². The molecule has 0 spiro atoms. The lowest BCUT2D eigenvalue weighted by molar-refractivity contribution is 0.577. The molecule has 0 bridgehead atoms. The Morgan fingerprint density at radius 2 is 2.33 bits per heavy atom. The van der Waals surface area contributed by atoms with Gasteiger partial charge in [-0.15, -0.1) is 11.3 Å². The van der Waals surface area contributed by atoms with E-state index in [1.54, 1.807) is 0 Å². The molecular weight excluding hydrogens is 242 g/mol. The summed E-state index contributed by atoms with van der Waals surface area (Å²) in [6.07, 6.45) is 6.19. The van der Waals surface area contributed by atoms with Gasteiger partial charge in [-0.05, 0) is 30.4 Å². The Morgan fingerprint density at radius 1 is 1.44 bits per heavy atom. The summed E-state index contributed by atoms with van der Waals surface area (Å²) in [6.45, 7) is 7.32. The van der Waals surface area contributed by atoms with Gasteiger partial charge < -0.3 is 9.88 Å². The maximum absolute atomic E-state index is 4.39. The molecular formula is C14H21N3S. The van der Waals surface area contributed by atoms with Crippen molar-refractivity contribution in [3.8, 4) is 0 Å². The summed E-state index contributed by atoms with van der Waals surface area (Å²) in [6, 6.07) is 2.18. The van der Waals surface area contributed by atoms with E-state index in [4.69, 9.17) is 0 Å². The monoisotopic (exact) mass is 263 g/mol. The minimum absolute atomic E-state index is 0.974. The van der Waals surface area contributed by atoms with Crippen molar-refractivity contribution in [3.63, 3.8) is 0 Å². The standard InChI is InChI=1S/C14H21N3S/c1-3-4-14-16-7-9-17(14)8-6-15-11-13-12(2)5-10-18-13/h5,7,9-10,15H,3-4,6,8,11H2,1-2H3. The first kappa shape index (κ1) is 13.3. The zero-order chi connectivity index (χ0) is 12.8. The van der Waals surface area contributed by atoms with E-state index in [2.05, 4.69) is 46.4 Å². The van der Waals surface area contributed by atoms with Crippen molar-refractivity contribution >= 4 is 11.3 Å². The highest BCUT2D eigenvalue weighted by Gasteiger charge is 2.02. The maximum atomic E-state index is 4.39. The molecule has 2 aromatic rings. The van der Waals surface area contributed by atoms with Gasteiger partial charge in [0.1, 0.15) is 5.82 Å². The molecule has 0 saturated heterocycles. The fourth-order valence-electron chi connectivity index (χ4n) is 1.98. The summed E-state index contributed by atoms with van der Waals surface area (Å²) in [5.41, 5.74) is 1.39. The number of imidazole rings is 1. The summed E-state index contributed by atoms with van der Waals surface area (Å²) in [5.74, 6) is 1.20. The number of aryl methyl sites for hydroxylation is 2. The zero-order valence-corrected chi connectivity index (χ0v) is 12.0. The molecule has 0 aliphatic heterocycles. The van der Waals surface area contributed by atoms with Gasteiger partial charge in [-0.25, -0.2) is 4.98 Å². The Bertz CT molecular complexity index is 473. The maximum Gasteiger partial charge on any atom is 0.108 e. The molecule has 1 N–H and O–H groups in total. The smallest absolute Gasteiger partial charge is 0.108 e. The van der Waals surface area contributed by atoms with Crippen LogP contribution in [0.3, 0.4) is 0 Å². The molecule has 0 saturated carbocycles. The van der Waals surface area contributed by atoms with Gasteiger partial charge in [0.15, 0.2) is 0 Å². The number of aromatic nitrogens is 2. The number of nitrogens with one attached hydrogen (secondary N) is 1. The lowest BCUT2D eigenvalue weighted by atomic mass is 10.3. The number of rotatable bonds is 7. The summed E-state index contributed by atoms with van der Waals surface area (Å²) < 4.78 is 2.25. The highest BCUT2D eigenvalue weighted by atomic mass is 32.1. The van der Waals surface area contributed by atoms with Crippen molar-refractivity contribution in [2.24, 2.45) is 0 Å². The SMILES string of the molecule is CCCc1nccn1CCNCc1sccc1C. The normalized spacial score (nSPS) is 11.0. The number of hydrogen-bond acceptors (Lipinski definition) is 3. The fourth-order valence-corrected chi connectivity index (χ4v) is 2.86. The molecule has 4 heteroatoms. The molecule has 3 nitrogen and oxygen atoms in total. The van der Waals surface area contributed by atoms with Crippen LogP contribution in [0.2, 0.25) is 0 Å². The molecule has 2 heterocycles. The Kier molecular flexibility index (Phi) is 4.96. The summed E-state index contributed by atoms with van der Waals surface area (Å²) in [4.78, 5) is 5.83. The molecule has 0 aliphatic carbocycles. The van der Waals surface area contributed by atoms with Crippen LogP contribution in [0.1, 0.15) is 29.6 Å². The van der Waals surface area contributed by atoms with Gasteiger partial charge in [-0.2, -0.15) is 0 Å². The average molecular weight is 263 g/mol.